The number of fused-ring (bicyclic) bond motifs is 2. The van der Waals surface area contributed by atoms with Gasteiger partial charge in [0.2, 0.25) is 0 Å². The molecule has 0 aromatic heterocycles. The van der Waals surface area contributed by atoms with E-state index in [1.165, 1.54) is 25.7 Å². The molecule has 2 bridgehead atoms. The number of rotatable bonds is 5. The Morgan fingerprint density at radius 3 is 2.80 bits per heavy atom. The van der Waals surface area contributed by atoms with Gasteiger partial charge < -0.3 is 15.8 Å². The van der Waals surface area contributed by atoms with E-state index < -0.39 is 0 Å². The van der Waals surface area contributed by atoms with Crippen molar-refractivity contribution in [1.82, 2.24) is 0 Å². The van der Waals surface area contributed by atoms with Crippen molar-refractivity contribution >= 4 is 11.4 Å². The second kappa shape index (κ2) is 5.55. The fraction of sp³-hybridized carbons (Fsp3) is 0.647. The first-order valence-corrected chi connectivity index (χ1v) is 7.95. The monoisotopic (exact) mass is 274 g/mol. The summed E-state index contributed by atoms with van der Waals surface area (Å²) < 4.78 is 5.56. The number of benzene rings is 1. The summed E-state index contributed by atoms with van der Waals surface area (Å²) in [5.74, 6) is 3.62. The van der Waals surface area contributed by atoms with Gasteiger partial charge >= 0.3 is 0 Å². The minimum Gasteiger partial charge on any atom is -0.494 e. The van der Waals surface area contributed by atoms with Crippen LogP contribution in [0.4, 0.5) is 11.4 Å². The number of hydrogen-bond acceptors (Lipinski definition) is 3. The standard InChI is InChI=1S/C17H26N2O/c1-3-20-16-9-14(18)8-15(10-16)19-11(2)17-7-12-4-5-13(17)6-12/h8-13,17,19H,3-7,18H2,1-2H3. The maximum absolute atomic E-state index is 5.96. The van der Waals surface area contributed by atoms with Gasteiger partial charge in [0, 0.05) is 29.5 Å². The highest BCUT2D eigenvalue weighted by atomic mass is 16.5. The first-order chi connectivity index (χ1) is 9.65. The van der Waals surface area contributed by atoms with Crippen LogP contribution in [-0.2, 0) is 0 Å². The summed E-state index contributed by atoms with van der Waals surface area (Å²) in [6, 6.07) is 6.47. The van der Waals surface area contributed by atoms with E-state index in [0.717, 1.165) is 34.9 Å². The molecule has 0 spiro atoms. The van der Waals surface area contributed by atoms with Crippen molar-refractivity contribution in [2.45, 2.75) is 45.6 Å². The first-order valence-electron chi connectivity index (χ1n) is 7.95. The summed E-state index contributed by atoms with van der Waals surface area (Å²) in [6.07, 6.45) is 5.75. The minimum atomic E-state index is 0.515. The molecule has 20 heavy (non-hydrogen) atoms. The number of nitrogens with two attached hydrogens (primary N) is 1. The van der Waals surface area contributed by atoms with Crippen LogP contribution in [0.3, 0.4) is 0 Å². The highest BCUT2D eigenvalue weighted by Crippen LogP contribution is 2.49. The Balaban J connectivity index is 1.67. The van der Waals surface area contributed by atoms with E-state index in [9.17, 15) is 0 Å². The number of nitrogen functional groups attached to an aromatic ring is 1. The maximum atomic E-state index is 5.96. The van der Waals surface area contributed by atoms with Gasteiger partial charge in [-0.05, 0) is 56.9 Å². The third-order valence-corrected chi connectivity index (χ3v) is 5.07. The molecule has 2 aliphatic carbocycles. The topological polar surface area (TPSA) is 47.3 Å². The van der Waals surface area contributed by atoms with Crippen molar-refractivity contribution in [2.75, 3.05) is 17.7 Å². The van der Waals surface area contributed by atoms with Crippen molar-refractivity contribution in [3.63, 3.8) is 0 Å². The van der Waals surface area contributed by atoms with Crippen LogP contribution in [0, 0.1) is 17.8 Å². The molecule has 4 atom stereocenters. The van der Waals surface area contributed by atoms with Crippen LogP contribution in [0.1, 0.15) is 39.5 Å². The van der Waals surface area contributed by atoms with Crippen molar-refractivity contribution in [3.05, 3.63) is 18.2 Å². The molecule has 0 heterocycles. The zero-order chi connectivity index (χ0) is 14.1. The highest BCUT2D eigenvalue weighted by Gasteiger charge is 2.41. The second-order valence-corrected chi connectivity index (χ2v) is 6.50. The molecule has 0 amide bonds. The summed E-state index contributed by atoms with van der Waals surface area (Å²) >= 11 is 0. The number of anilines is 2. The quantitative estimate of drug-likeness (QED) is 0.800. The molecule has 110 valence electrons. The largest absolute Gasteiger partial charge is 0.494 e. The Morgan fingerprint density at radius 2 is 2.15 bits per heavy atom. The molecular weight excluding hydrogens is 248 g/mol. The molecule has 3 rings (SSSR count). The van der Waals surface area contributed by atoms with Crippen molar-refractivity contribution in [2.24, 2.45) is 17.8 Å². The van der Waals surface area contributed by atoms with Gasteiger partial charge in [-0.1, -0.05) is 6.42 Å². The van der Waals surface area contributed by atoms with Gasteiger partial charge in [0.25, 0.3) is 0 Å². The predicted octanol–water partition coefficient (Wildman–Crippen LogP) is 3.90. The lowest BCUT2D eigenvalue weighted by Crippen LogP contribution is -2.29. The molecule has 2 fully saturated rings. The zero-order valence-electron chi connectivity index (χ0n) is 12.6. The fourth-order valence-corrected chi connectivity index (χ4v) is 4.23. The van der Waals surface area contributed by atoms with Gasteiger partial charge in [-0.25, -0.2) is 0 Å². The SMILES string of the molecule is CCOc1cc(N)cc(NC(C)C2CC3CCC2C3)c1. The normalized spacial score (nSPS) is 29.4. The van der Waals surface area contributed by atoms with Crippen molar-refractivity contribution in [3.8, 4) is 5.75 Å². The van der Waals surface area contributed by atoms with E-state index in [0.29, 0.717) is 12.6 Å². The predicted molar refractivity (Wildman–Crippen MR) is 84.0 cm³/mol. The molecule has 0 aliphatic heterocycles. The molecule has 2 saturated carbocycles. The molecule has 3 heteroatoms. The average Bonchev–Trinajstić information content (AvgIpc) is 3.00. The Kier molecular flexibility index (Phi) is 3.77. The van der Waals surface area contributed by atoms with Crippen LogP contribution in [0.2, 0.25) is 0 Å². The maximum Gasteiger partial charge on any atom is 0.123 e. The smallest absolute Gasteiger partial charge is 0.123 e. The van der Waals surface area contributed by atoms with Gasteiger partial charge in [0.1, 0.15) is 5.75 Å². The van der Waals surface area contributed by atoms with Crippen molar-refractivity contribution in [1.29, 1.82) is 0 Å². The van der Waals surface area contributed by atoms with Crippen LogP contribution in [0.5, 0.6) is 5.75 Å². The average molecular weight is 274 g/mol. The Labute approximate surface area is 121 Å². The van der Waals surface area contributed by atoms with E-state index >= 15 is 0 Å². The molecular formula is C17H26N2O. The van der Waals surface area contributed by atoms with Crippen molar-refractivity contribution < 1.29 is 4.74 Å². The summed E-state index contributed by atoms with van der Waals surface area (Å²) in [6.45, 7) is 4.98. The van der Waals surface area contributed by atoms with E-state index in [1.807, 2.05) is 19.1 Å². The van der Waals surface area contributed by atoms with E-state index in [4.69, 9.17) is 10.5 Å². The zero-order valence-corrected chi connectivity index (χ0v) is 12.6. The van der Waals surface area contributed by atoms with Gasteiger partial charge in [-0.3, -0.25) is 0 Å². The van der Waals surface area contributed by atoms with Gasteiger partial charge in [0.05, 0.1) is 6.61 Å². The Morgan fingerprint density at radius 1 is 1.30 bits per heavy atom. The molecule has 1 aromatic carbocycles. The molecule has 4 unspecified atom stereocenters. The molecule has 0 radical (unpaired) electrons. The van der Waals surface area contributed by atoms with Crippen LogP contribution in [0.15, 0.2) is 18.2 Å². The summed E-state index contributed by atoms with van der Waals surface area (Å²) in [7, 11) is 0. The van der Waals surface area contributed by atoms with E-state index in [2.05, 4.69) is 18.3 Å². The summed E-state index contributed by atoms with van der Waals surface area (Å²) in [4.78, 5) is 0. The molecule has 2 aliphatic rings. The minimum absolute atomic E-state index is 0.515. The van der Waals surface area contributed by atoms with Crippen LogP contribution in [-0.4, -0.2) is 12.6 Å². The van der Waals surface area contributed by atoms with Gasteiger partial charge in [-0.15, -0.1) is 0 Å². The van der Waals surface area contributed by atoms with E-state index in [1.54, 1.807) is 0 Å². The van der Waals surface area contributed by atoms with Gasteiger partial charge in [0.15, 0.2) is 0 Å². The lowest BCUT2D eigenvalue weighted by atomic mass is 9.84. The van der Waals surface area contributed by atoms with Crippen LogP contribution < -0.4 is 15.8 Å². The lowest BCUT2D eigenvalue weighted by Gasteiger charge is -2.29. The van der Waals surface area contributed by atoms with Crippen LogP contribution in [0.25, 0.3) is 0 Å². The number of nitrogens with one attached hydrogen (secondary N) is 1. The number of hydrogen-bond donors (Lipinski definition) is 2. The molecule has 3 nitrogen and oxygen atoms in total. The summed E-state index contributed by atoms with van der Waals surface area (Å²) in [5, 5.41) is 3.65. The van der Waals surface area contributed by atoms with Crippen LogP contribution >= 0.6 is 0 Å². The van der Waals surface area contributed by atoms with Gasteiger partial charge in [-0.2, -0.15) is 0 Å². The van der Waals surface area contributed by atoms with E-state index in [-0.39, 0.29) is 0 Å². The second-order valence-electron chi connectivity index (χ2n) is 6.50. The molecule has 0 saturated heterocycles. The highest BCUT2D eigenvalue weighted by molar-refractivity contribution is 5.59. The molecule has 3 N–H and O–H groups in total. The lowest BCUT2D eigenvalue weighted by molar-refractivity contribution is 0.304. The number of ether oxygens (including phenoxy) is 1. The molecule has 1 aromatic rings. The Bertz CT molecular complexity index is 474. The third kappa shape index (κ3) is 2.72. The third-order valence-electron chi connectivity index (χ3n) is 5.07. The Hall–Kier alpha value is -1.38. The fourth-order valence-electron chi connectivity index (χ4n) is 4.23. The first kappa shape index (κ1) is 13.6. The summed E-state index contributed by atoms with van der Waals surface area (Å²) in [5.41, 5.74) is 7.81.